The summed E-state index contributed by atoms with van der Waals surface area (Å²) in [7, 11) is 0. The number of rotatable bonds is 11. The summed E-state index contributed by atoms with van der Waals surface area (Å²) in [6.07, 6.45) is 8.96. The molecule has 2 saturated heterocycles. The molecule has 3 N–H and O–H groups in total. The van der Waals surface area contributed by atoms with Crippen LogP contribution in [-0.4, -0.2) is 98.1 Å². The lowest BCUT2D eigenvalue weighted by Gasteiger charge is -2.36. The van der Waals surface area contributed by atoms with Crippen molar-refractivity contribution in [1.82, 2.24) is 34.6 Å². The lowest BCUT2D eigenvalue weighted by Crippen LogP contribution is -2.52. The summed E-state index contributed by atoms with van der Waals surface area (Å²) in [4.78, 5) is 83.2. The fraction of sp³-hybridized carbons (Fsp3) is 0.450. The Balaban J connectivity index is 0.818. The molecule has 3 aromatic heterocycles. The van der Waals surface area contributed by atoms with Crippen molar-refractivity contribution in [1.29, 1.82) is 0 Å². The van der Waals surface area contributed by atoms with E-state index in [1.807, 2.05) is 36.5 Å². The third kappa shape index (κ3) is 7.27. The van der Waals surface area contributed by atoms with Gasteiger partial charge in [0.1, 0.15) is 17.5 Å². The summed E-state index contributed by atoms with van der Waals surface area (Å²) in [6, 6.07) is 9.08. The van der Waals surface area contributed by atoms with Gasteiger partial charge in [-0.25, -0.2) is 9.97 Å². The predicted octanol–water partition coefficient (Wildman–Crippen LogP) is 3.94. The number of ketones is 1. The van der Waals surface area contributed by atoms with E-state index < -0.39 is 11.9 Å². The number of hydrogen-bond donors (Lipinski definition) is 3. The zero-order chi connectivity index (χ0) is 38.2. The van der Waals surface area contributed by atoms with E-state index >= 15 is 0 Å². The van der Waals surface area contributed by atoms with E-state index in [1.165, 1.54) is 6.92 Å². The minimum atomic E-state index is -0.613. The molecule has 1 aromatic carbocycles. The minimum Gasteiger partial charge on any atom is -0.385 e. The molecule has 8 rings (SSSR count). The van der Waals surface area contributed by atoms with Gasteiger partial charge in [-0.15, -0.1) is 0 Å². The number of pyridine rings is 2. The number of aromatic nitrogens is 4. The molecule has 15 nitrogen and oxygen atoms in total. The van der Waals surface area contributed by atoms with Gasteiger partial charge in [-0.05, 0) is 87.5 Å². The highest BCUT2D eigenvalue weighted by atomic mass is 16.2. The second-order valence-electron chi connectivity index (χ2n) is 15.0. The Hall–Kier alpha value is -5.70. The molecule has 1 unspecified atom stereocenters. The standard InChI is InChI=1S/C40H46N10O5/c1-24-31-22-43-40(46-36(31)50(28-6-3-4-7-28)39(55)35(24)25(2)51)44-33-12-9-29(21-42-33)48-18-16-47(17-19-48)15-5-14-41-27-8-10-30-26(20-27)23-49(38(30)54)32-11-13-34(52)45-37(32)53/h8-10,12,20-22,28,32,41H,3-7,11,13-19,23H2,1-2H3,(H,45,52,53)(H,42,43,44,46). The summed E-state index contributed by atoms with van der Waals surface area (Å²) >= 11 is 0. The topological polar surface area (TPSA) is 175 Å². The van der Waals surface area contributed by atoms with E-state index in [2.05, 4.69) is 35.7 Å². The largest absolute Gasteiger partial charge is 0.385 e. The van der Waals surface area contributed by atoms with Gasteiger partial charge in [0.25, 0.3) is 11.5 Å². The van der Waals surface area contributed by atoms with E-state index in [0.717, 1.165) is 88.3 Å². The van der Waals surface area contributed by atoms with Gasteiger partial charge in [0.15, 0.2) is 5.78 Å². The first-order valence-electron chi connectivity index (χ1n) is 19.3. The normalized spacial score (nSPS) is 19.2. The first-order chi connectivity index (χ1) is 26.6. The quantitative estimate of drug-likeness (QED) is 0.115. The lowest BCUT2D eigenvalue weighted by molar-refractivity contribution is -0.136. The van der Waals surface area contributed by atoms with Gasteiger partial charge in [-0.3, -0.25) is 38.8 Å². The van der Waals surface area contributed by atoms with Crippen LogP contribution >= 0.6 is 0 Å². The number of nitrogens with one attached hydrogen (secondary N) is 3. The molecule has 3 amide bonds. The first-order valence-corrected chi connectivity index (χ1v) is 19.3. The molecule has 286 valence electrons. The zero-order valence-corrected chi connectivity index (χ0v) is 31.3. The Morgan fingerprint density at radius 1 is 0.964 bits per heavy atom. The highest BCUT2D eigenvalue weighted by molar-refractivity contribution is 6.05. The van der Waals surface area contributed by atoms with Crippen molar-refractivity contribution >= 4 is 57.7 Å². The summed E-state index contributed by atoms with van der Waals surface area (Å²) < 4.78 is 1.71. The average molecular weight is 747 g/mol. The van der Waals surface area contributed by atoms with Gasteiger partial charge in [0.05, 0.1) is 17.4 Å². The van der Waals surface area contributed by atoms with Gasteiger partial charge >= 0.3 is 0 Å². The second kappa shape index (κ2) is 15.2. The maximum Gasteiger partial charge on any atom is 0.263 e. The number of piperidine rings is 1. The fourth-order valence-corrected chi connectivity index (χ4v) is 8.52. The van der Waals surface area contributed by atoms with Crippen molar-refractivity contribution in [3.63, 3.8) is 0 Å². The predicted molar refractivity (Wildman–Crippen MR) is 208 cm³/mol. The van der Waals surface area contributed by atoms with Crippen molar-refractivity contribution < 1.29 is 19.2 Å². The highest BCUT2D eigenvalue weighted by Crippen LogP contribution is 2.33. The van der Waals surface area contributed by atoms with Crippen molar-refractivity contribution in [3.8, 4) is 0 Å². The van der Waals surface area contributed by atoms with Crippen molar-refractivity contribution in [2.75, 3.05) is 54.8 Å². The fourth-order valence-electron chi connectivity index (χ4n) is 8.52. The molecule has 0 spiro atoms. The van der Waals surface area contributed by atoms with Crippen LogP contribution in [0, 0.1) is 6.92 Å². The number of piperazine rings is 1. The van der Waals surface area contributed by atoms with Gasteiger partial charge in [0.2, 0.25) is 17.8 Å². The third-order valence-corrected chi connectivity index (χ3v) is 11.5. The molecule has 55 heavy (non-hydrogen) atoms. The van der Waals surface area contributed by atoms with Gasteiger partial charge in [-0.1, -0.05) is 12.8 Å². The van der Waals surface area contributed by atoms with Crippen LogP contribution in [0.25, 0.3) is 11.0 Å². The molecular weight excluding hydrogens is 701 g/mol. The molecule has 3 aliphatic heterocycles. The number of anilines is 4. The smallest absolute Gasteiger partial charge is 0.263 e. The van der Waals surface area contributed by atoms with E-state index in [4.69, 9.17) is 4.98 Å². The zero-order valence-electron chi connectivity index (χ0n) is 31.3. The van der Waals surface area contributed by atoms with E-state index in [1.54, 1.807) is 22.6 Å². The van der Waals surface area contributed by atoms with Gasteiger partial charge in [0, 0.05) is 74.6 Å². The summed E-state index contributed by atoms with van der Waals surface area (Å²) in [5.41, 5.74) is 4.60. The van der Waals surface area contributed by atoms with Crippen molar-refractivity contribution in [3.05, 3.63) is 75.3 Å². The Morgan fingerprint density at radius 2 is 1.76 bits per heavy atom. The van der Waals surface area contributed by atoms with Crippen LogP contribution in [0.15, 0.2) is 47.5 Å². The molecule has 6 heterocycles. The average Bonchev–Trinajstić information content (AvgIpc) is 3.82. The Labute approximate surface area is 318 Å². The van der Waals surface area contributed by atoms with Gasteiger partial charge < -0.3 is 20.4 Å². The number of carbonyl (C=O) groups excluding carboxylic acids is 4. The van der Waals surface area contributed by atoms with Crippen LogP contribution in [0.2, 0.25) is 0 Å². The van der Waals surface area contributed by atoms with Gasteiger partial charge in [-0.2, -0.15) is 4.98 Å². The Bertz CT molecular complexity index is 2220. The number of nitrogens with zero attached hydrogens (tertiary/aromatic N) is 7. The number of fused-ring (bicyclic) bond motifs is 2. The number of amides is 3. The molecule has 15 heteroatoms. The lowest BCUT2D eigenvalue weighted by atomic mass is 10.0. The highest BCUT2D eigenvalue weighted by Gasteiger charge is 2.39. The summed E-state index contributed by atoms with van der Waals surface area (Å²) in [6.45, 7) is 9.00. The molecule has 0 bridgehead atoms. The maximum atomic E-state index is 13.5. The van der Waals surface area contributed by atoms with E-state index in [0.29, 0.717) is 46.9 Å². The van der Waals surface area contributed by atoms with E-state index in [9.17, 15) is 24.0 Å². The van der Waals surface area contributed by atoms with E-state index in [-0.39, 0.29) is 41.2 Å². The van der Waals surface area contributed by atoms with Crippen LogP contribution in [0.4, 0.5) is 23.1 Å². The monoisotopic (exact) mass is 746 g/mol. The van der Waals surface area contributed by atoms with Crippen LogP contribution in [0.3, 0.4) is 0 Å². The van der Waals surface area contributed by atoms with Crippen LogP contribution in [-0.2, 0) is 16.1 Å². The summed E-state index contributed by atoms with van der Waals surface area (Å²) in [5.74, 6) is -0.148. The minimum absolute atomic E-state index is 0.0125. The number of aryl methyl sites for hydroxylation is 1. The first kappa shape index (κ1) is 36.3. The molecule has 1 atom stereocenters. The molecular formula is C40H46N10O5. The SMILES string of the molecule is CC(=O)c1c(C)c2cnc(Nc3ccc(N4CCN(CCCNc5ccc6c(c5)CN(C5CCC(=O)NC5=O)C6=O)CC4)cn3)nc2n(C2CCCC2)c1=O. The maximum absolute atomic E-state index is 13.5. The van der Waals surface area contributed by atoms with Crippen LogP contribution < -0.4 is 26.4 Å². The number of imide groups is 1. The number of hydrogen-bond acceptors (Lipinski definition) is 12. The molecule has 4 aromatic rings. The van der Waals surface area contributed by atoms with Crippen LogP contribution in [0.5, 0.6) is 0 Å². The molecule has 1 saturated carbocycles. The molecule has 0 radical (unpaired) electrons. The van der Waals surface area contributed by atoms with Crippen LogP contribution in [0.1, 0.15) is 89.8 Å². The number of benzene rings is 1. The molecule has 3 fully saturated rings. The van der Waals surface area contributed by atoms with Crippen molar-refractivity contribution in [2.45, 2.75) is 77.4 Å². The third-order valence-electron chi connectivity index (χ3n) is 11.5. The Morgan fingerprint density at radius 3 is 2.49 bits per heavy atom. The molecule has 4 aliphatic rings. The number of Topliss-reactive ketones (excluding diaryl/α,β-unsaturated/α-hetero) is 1. The summed E-state index contributed by atoms with van der Waals surface area (Å²) in [5, 5.41) is 9.76. The number of carbonyl (C=O) groups is 4. The molecule has 1 aliphatic carbocycles. The van der Waals surface area contributed by atoms with Crippen molar-refractivity contribution in [2.24, 2.45) is 0 Å². The Kier molecular flexibility index (Phi) is 10.0. The second-order valence-corrected chi connectivity index (χ2v) is 15.0.